The van der Waals surface area contributed by atoms with Gasteiger partial charge in [0.1, 0.15) is 42.0 Å². The van der Waals surface area contributed by atoms with Gasteiger partial charge in [0, 0.05) is 18.5 Å². The second-order valence-electron chi connectivity index (χ2n) is 24.9. The molecule has 3 aliphatic carbocycles. The van der Waals surface area contributed by atoms with Crippen molar-refractivity contribution in [3.63, 3.8) is 0 Å². The molecule has 0 spiro atoms. The minimum Gasteiger partial charge on any atom is -0.461 e. The average molecular weight is 1170 g/mol. The third kappa shape index (κ3) is 19.0. The number of amides is 7. The van der Waals surface area contributed by atoms with Gasteiger partial charge >= 0.3 is 25.3 Å². The number of carbonyl (C=O) groups is 8. The van der Waals surface area contributed by atoms with E-state index in [1.807, 2.05) is 19.1 Å². The van der Waals surface area contributed by atoms with Crippen LogP contribution in [0, 0.1) is 17.3 Å². The van der Waals surface area contributed by atoms with E-state index in [0.29, 0.717) is 24.3 Å². The van der Waals surface area contributed by atoms with E-state index in [9.17, 15) is 38.4 Å². The van der Waals surface area contributed by atoms with E-state index in [2.05, 4.69) is 70.1 Å². The summed E-state index contributed by atoms with van der Waals surface area (Å²) in [6.07, 6.45) is 1.22. The van der Waals surface area contributed by atoms with Crippen molar-refractivity contribution in [2.75, 3.05) is 13.1 Å². The lowest BCUT2D eigenvalue weighted by atomic mass is 9.43. The molecule has 84 heavy (non-hydrogen) atoms. The summed E-state index contributed by atoms with van der Waals surface area (Å²) in [5, 5.41) is 18.1. The van der Waals surface area contributed by atoms with E-state index in [1.165, 1.54) is 5.56 Å². The first-order valence-corrected chi connectivity index (χ1v) is 29.2. The lowest BCUT2D eigenvalue weighted by Crippen LogP contribution is -2.65. The minimum absolute atomic E-state index is 0.0248. The van der Waals surface area contributed by atoms with Gasteiger partial charge in [-0.1, -0.05) is 93.9 Å². The fraction of sp³-hybridized carbons (Fsp3) is 0.574. The summed E-state index contributed by atoms with van der Waals surface area (Å²) in [4.78, 5) is 109. The van der Waals surface area contributed by atoms with Crippen LogP contribution in [-0.2, 0) is 60.5 Å². The topological polar surface area (TPSA) is 319 Å². The fourth-order valence-electron chi connectivity index (χ4n) is 10.8. The molecule has 458 valence electrons. The molecule has 2 bridgehead atoms. The Kier molecular flexibility index (Phi) is 22.9. The van der Waals surface area contributed by atoms with Crippen molar-refractivity contribution in [2.45, 2.75) is 193 Å². The number of nitrogens with two attached hydrogens (primary N) is 2. The molecule has 4 fully saturated rings. The van der Waals surface area contributed by atoms with Gasteiger partial charge < -0.3 is 72.2 Å². The van der Waals surface area contributed by atoms with E-state index >= 15 is 0 Å². The number of esters is 1. The van der Waals surface area contributed by atoms with Crippen LogP contribution in [0.4, 0.5) is 9.59 Å². The van der Waals surface area contributed by atoms with E-state index < -0.39 is 115 Å². The van der Waals surface area contributed by atoms with Crippen LogP contribution in [0.15, 0.2) is 78.9 Å². The van der Waals surface area contributed by atoms with E-state index in [1.54, 1.807) is 96.1 Å². The highest BCUT2D eigenvalue weighted by atomic mass is 16.7. The summed E-state index contributed by atoms with van der Waals surface area (Å²) in [5.41, 5.74) is 14.6. The van der Waals surface area contributed by atoms with Crippen molar-refractivity contribution in [1.29, 1.82) is 0 Å². The maximum absolute atomic E-state index is 14.4. The van der Waals surface area contributed by atoms with Crippen LogP contribution in [0.2, 0.25) is 0 Å². The molecule has 0 aromatic heterocycles. The first kappa shape index (κ1) is 66.1. The summed E-state index contributed by atoms with van der Waals surface area (Å²) in [5.74, 6) is -4.43. The molecule has 0 radical (unpaired) electrons. The van der Waals surface area contributed by atoms with Crippen molar-refractivity contribution in [2.24, 2.45) is 28.7 Å². The number of alkyl carbamates (subject to hydrolysis) is 2. The summed E-state index contributed by atoms with van der Waals surface area (Å²) < 4.78 is 29.0. The van der Waals surface area contributed by atoms with Gasteiger partial charge in [0.15, 0.2) is 6.17 Å². The SMILES string of the molecule is CCCCc1ccc(-c2ccc(C(=O)N[C@@H](CNC(=O)OC(C)(C)C)C(=O)N[C@@H](CCC(=O)OCc3ccccc3)C(=O)N[C@@H](N)C(=O)N[C@@H](CCCCNC(=O)OC(C)(C)C)C(=O)N[C@@H](N)B3OC4C[C@@H]5C[C@@H](C5(C)C)[C@]4(C)O3)cc2)cc1. The maximum atomic E-state index is 14.4. The Morgan fingerprint density at radius 2 is 1.24 bits per heavy atom. The van der Waals surface area contributed by atoms with E-state index in [-0.39, 0.29) is 49.0 Å². The molecule has 7 rings (SSSR count). The zero-order valence-electron chi connectivity index (χ0n) is 50.4. The normalized spacial score (nSPS) is 20.4. The van der Waals surface area contributed by atoms with Crippen LogP contribution < -0.4 is 48.7 Å². The van der Waals surface area contributed by atoms with Crippen LogP contribution in [-0.4, -0.2) is 121 Å². The third-order valence-electron chi connectivity index (χ3n) is 15.6. The summed E-state index contributed by atoms with van der Waals surface area (Å²) in [6.45, 7) is 18.3. The molecule has 3 aromatic carbocycles. The van der Waals surface area contributed by atoms with Crippen LogP contribution in [0.25, 0.3) is 11.1 Å². The maximum Gasteiger partial charge on any atom is 0.497 e. The molecule has 1 saturated heterocycles. The number of unbranched alkanes of at least 4 members (excludes halogenated alkanes) is 2. The van der Waals surface area contributed by atoms with Gasteiger partial charge in [0.25, 0.3) is 11.8 Å². The Labute approximate surface area is 494 Å². The molecule has 7 amide bonds. The zero-order chi connectivity index (χ0) is 61.6. The molecule has 22 nitrogen and oxygen atoms in total. The zero-order valence-corrected chi connectivity index (χ0v) is 50.4. The quantitative estimate of drug-likeness (QED) is 0.0148. The van der Waals surface area contributed by atoms with Crippen molar-refractivity contribution in [3.05, 3.63) is 95.6 Å². The second kappa shape index (κ2) is 29.1. The average Bonchev–Trinajstić information content (AvgIpc) is 1.39. The molecule has 9 atom stereocenters. The van der Waals surface area contributed by atoms with Crippen molar-refractivity contribution in [1.82, 2.24) is 37.2 Å². The molecule has 3 aromatic rings. The number of carbonyl (C=O) groups excluding carboxylic acids is 8. The number of aryl methyl sites for hydroxylation is 1. The van der Waals surface area contributed by atoms with Gasteiger partial charge in [-0.25, -0.2) is 9.59 Å². The highest BCUT2D eigenvalue weighted by Gasteiger charge is 2.68. The predicted octanol–water partition coefficient (Wildman–Crippen LogP) is 5.58. The summed E-state index contributed by atoms with van der Waals surface area (Å²) in [6, 6.07) is 18.2. The van der Waals surface area contributed by atoms with E-state index in [4.69, 9.17) is 35.0 Å². The number of rotatable bonds is 27. The Balaban J connectivity index is 1.16. The van der Waals surface area contributed by atoms with Gasteiger partial charge in [0.05, 0.1) is 18.2 Å². The monoisotopic (exact) mass is 1170 g/mol. The highest BCUT2D eigenvalue weighted by molar-refractivity contribution is 6.47. The molecule has 3 saturated carbocycles. The first-order chi connectivity index (χ1) is 39.5. The van der Waals surface area contributed by atoms with E-state index in [0.717, 1.165) is 43.2 Å². The Hall–Kier alpha value is -7.08. The fourth-order valence-corrected chi connectivity index (χ4v) is 10.8. The van der Waals surface area contributed by atoms with Crippen LogP contribution in [0.1, 0.15) is 149 Å². The van der Waals surface area contributed by atoms with Crippen LogP contribution >= 0.6 is 0 Å². The summed E-state index contributed by atoms with van der Waals surface area (Å²) in [7, 11) is -0.992. The van der Waals surface area contributed by atoms with Crippen molar-refractivity contribution >= 4 is 54.8 Å². The standard InChI is InChI=1S/C61H88BN9O13/c1-11-12-18-37-22-24-39(25-23-37)40-26-28-41(29-27-40)50(73)69-45(35-66-57(79)82-59(5,6)7)53(76)67-44(30-31-48(72)80-36-38-19-14-13-15-20-38)51(74)70-49(63)54(77)68-43(21-16-17-32-65-56(78)81-58(2,3)4)52(75)71-55(64)62-83-47-34-42-33-46(60(42,8)9)61(47,10)84-62/h13-15,19-20,22-29,42-47,49,55H,11-12,16-18,21,30-36,63-64H2,1-10H3,(H,65,78)(H,66,79)(H,67,76)(H,68,77)(H,69,73)(H,70,74)(H,71,75)/t42-,43-,44-,45-,46-,47?,49+,55+,61-/m0/s1. The van der Waals surface area contributed by atoms with Gasteiger partial charge in [0.2, 0.25) is 17.7 Å². The third-order valence-corrected chi connectivity index (χ3v) is 15.6. The molecule has 1 aliphatic heterocycles. The second-order valence-corrected chi connectivity index (χ2v) is 24.9. The molecule has 23 heteroatoms. The summed E-state index contributed by atoms with van der Waals surface area (Å²) >= 11 is 0. The largest absolute Gasteiger partial charge is 0.497 e. The van der Waals surface area contributed by atoms with Gasteiger partial charge in [-0.2, -0.15) is 0 Å². The van der Waals surface area contributed by atoms with Gasteiger partial charge in [-0.05, 0) is 151 Å². The number of hydrogen-bond acceptors (Lipinski definition) is 15. The molecule has 1 heterocycles. The molecular weight excluding hydrogens is 1080 g/mol. The molecule has 4 aliphatic rings. The number of ether oxygens (including phenoxy) is 3. The van der Waals surface area contributed by atoms with Gasteiger partial charge in [-0.3, -0.25) is 28.8 Å². The Morgan fingerprint density at radius 1 is 0.655 bits per heavy atom. The van der Waals surface area contributed by atoms with Crippen molar-refractivity contribution in [3.8, 4) is 11.1 Å². The van der Waals surface area contributed by atoms with Crippen LogP contribution in [0.3, 0.4) is 0 Å². The predicted molar refractivity (Wildman–Crippen MR) is 316 cm³/mol. The molecule has 11 N–H and O–H groups in total. The Bertz CT molecular complexity index is 2760. The molecular formula is C61H88BN9O13. The number of hydrogen-bond donors (Lipinski definition) is 9. The lowest BCUT2D eigenvalue weighted by molar-refractivity contribution is -0.199. The molecule has 1 unspecified atom stereocenters. The first-order valence-electron chi connectivity index (χ1n) is 29.2. The van der Waals surface area contributed by atoms with Crippen molar-refractivity contribution < 1.29 is 61.9 Å². The Morgan fingerprint density at radius 3 is 1.86 bits per heavy atom. The van der Waals surface area contributed by atoms with Gasteiger partial charge in [-0.15, -0.1) is 0 Å². The lowest BCUT2D eigenvalue weighted by Gasteiger charge is -2.64. The smallest absolute Gasteiger partial charge is 0.461 e. The number of nitrogens with one attached hydrogen (secondary N) is 7. The van der Waals surface area contributed by atoms with Crippen LogP contribution in [0.5, 0.6) is 0 Å². The minimum atomic E-state index is -1.84. The number of benzene rings is 3. The highest BCUT2D eigenvalue weighted by Crippen LogP contribution is 2.65.